The summed E-state index contributed by atoms with van der Waals surface area (Å²) in [5, 5.41) is 9.43. The summed E-state index contributed by atoms with van der Waals surface area (Å²) < 4.78 is 27.0. The molecule has 1 N–H and O–H groups in total. The van der Waals surface area contributed by atoms with E-state index < -0.39 is 22.0 Å². The van der Waals surface area contributed by atoms with Crippen LogP contribution in [0.4, 0.5) is 0 Å². The molecule has 0 aromatic heterocycles. The summed E-state index contributed by atoms with van der Waals surface area (Å²) >= 11 is 0. The van der Waals surface area contributed by atoms with Crippen molar-refractivity contribution in [2.45, 2.75) is 49.1 Å². The highest BCUT2D eigenvalue weighted by Gasteiger charge is 2.51. The highest BCUT2D eigenvalue weighted by atomic mass is 32.2. The standard InChI is InChI=1S/C15H19NO4S/c17-15(18)14-10-11-6-4-5-9-13(11)16(14)21(19,20)12-7-2-1-3-8-12/h1-3,7-8,11,13-14H,4-6,9-10H2,(H,17,18)/t11-,13+,14-/m1/s1. The lowest BCUT2D eigenvalue weighted by Gasteiger charge is -2.32. The Hall–Kier alpha value is -1.40. The zero-order valence-corrected chi connectivity index (χ0v) is 12.5. The fourth-order valence-electron chi connectivity index (χ4n) is 3.69. The van der Waals surface area contributed by atoms with E-state index in [1.54, 1.807) is 18.2 Å². The summed E-state index contributed by atoms with van der Waals surface area (Å²) in [6.07, 6.45) is 4.16. The molecule has 0 radical (unpaired) electrons. The van der Waals surface area contributed by atoms with Crippen LogP contribution in [-0.4, -0.2) is 35.9 Å². The molecule has 1 aliphatic heterocycles. The Morgan fingerprint density at radius 3 is 2.48 bits per heavy atom. The van der Waals surface area contributed by atoms with E-state index in [4.69, 9.17) is 0 Å². The zero-order chi connectivity index (χ0) is 15.0. The molecule has 1 heterocycles. The fraction of sp³-hybridized carbons (Fsp3) is 0.533. The Morgan fingerprint density at radius 2 is 1.81 bits per heavy atom. The van der Waals surface area contributed by atoms with E-state index in [0.29, 0.717) is 6.42 Å². The van der Waals surface area contributed by atoms with E-state index in [1.807, 2.05) is 0 Å². The van der Waals surface area contributed by atoms with Gasteiger partial charge in [-0.3, -0.25) is 4.79 Å². The number of fused-ring (bicyclic) bond motifs is 1. The number of carboxylic acid groups (broad SMARTS) is 1. The Labute approximate surface area is 124 Å². The van der Waals surface area contributed by atoms with Crippen molar-refractivity contribution in [1.29, 1.82) is 0 Å². The molecule has 21 heavy (non-hydrogen) atoms. The minimum atomic E-state index is -3.75. The van der Waals surface area contributed by atoms with Gasteiger partial charge < -0.3 is 5.11 Å². The minimum Gasteiger partial charge on any atom is -0.480 e. The van der Waals surface area contributed by atoms with E-state index in [0.717, 1.165) is 25.7 Å². The van der Waals surface area contributed by atoms with Crippen LogP contribution in [0.5, 0.6) is 0 Å². The number of nitrogens with zero attached hydrogens (tertiary/aromatic N) is 1. The first-order valence-corrected chi connectivity index (χ1v) is 8.77. The van der Waals surface area contributed by atoms with Gasteiger partial charge in [-0.15, -0.1) is 0 Å². The topological polar surface area (TPSA) is 74.7 Å². The van der Waals surface area contributed by atoms with Gasteiger partial charge >= 0.3 is 5.97 Å². The van der Waals surface area contributed by atoms with Crippen molar-refractivity contribution in [3.63, 3.8) is 0 Å². The summed E-state index contributed by atoms with van der Waals surface area (Å²) in [6.45, 7) is 0. The SMILES string of the molecule is O=C(O)[C@H]1C[C@H]2CCCC[C@@H]2N1S(=O)(=O)c1ccccc1. The van der Waals surface area contributed by atoms with Crippen molar-refractivity contribution >= 4 is 16.0 Å². The molecule has 2 fully saturated rings. The average Bonchev–Trinajstić information content (AvgIpc) is 2.88. The molecule has 5 nitrogen and oxygen atoms in total. The molecule has 114 valence electrons. The number of hydrogen-bond donors (Lipinski definition) is 1. The molecular weight excluding hydrogens is 290 g/mol. The maximum atomic E-state index is 12.9. The quantitative estimate of drug-likeness (QED) is 0.928. The first kappa shape index (κ1) is 14.5. The molecule has 0 unspecified atom stereocenters. The van der Waals surface area contributed by atoms with Crippen LogP contribution in [0.1, 0.15) is 32.1 Å². The van der Waals surface area contributed by atoms with Crippen LogP contribution in [0, 0.1) is 5.92 Å². The lowest BCUT2D eigenvalue weighted by molar-refractivity contribution is -0.141. The molecule has 3 atom stereocenters. The molecule has 1 aromatic carbocycles. The molecular formula is C15H19NO4S. The van der Waals surface area contributed by atoms with Crippen molar-refractivity contribution in [2.75, 3.05) is 0 Å². The smallest absolute Gasteiger partial charge is 0.322 e. The molecule has 0 bridgehead atoms. The van der Waals surface area contributed by atoms with E-state index in [-0.39, 0.29) is 16.9 Å². The van der Waals surface area contributed by atoms with E-state index in [2.05, 4.69) is 0 Å². The highest BCUT2D eigenvalue weighted by molar-refractivity contribution is 7.89. The van der Waals surface area contributed by atoms with Gasteiger partial charge in [-0.05, 0) is 37.3 Å². The van der Waals surface area contributed by atoms with Gasteiger partial charge in [-0.25, -0.2) is 8.42 Å². The van der Waals surface area contributed by atoms with Crippen LogP contribution in [0.3, 0.4) is 0 Å². The van der Waals surface area contributed by atoms with Crippen LogP contribution in [0.2, 0.25) is 0 Å². The maximum Gasteiger partial charge on any atom is 0.322 e. The van der Waals surface area contributed by atoms with Gasteiger partial charge in [0.05, 0.1) is 4.90 Å². The van der Waals surface area contributed by atoms with Gasteiger partial charge in [-0.1, -0.05) is 31.0 Å². The average molecular weight is 309 g/mol. The van der Waals surface area contributed by atoms with Crippen molar-refractivity contribution in [3.8, 4) is 0 Å². The number of hydrogen-bond acceptors (Lipinski definition) is 3. The van der Waals surface area contributed by atoms with Crippen LogP contribution in [-0.2, 0) is 14.8 Å². The summed E-state index contributed by atoms with van der Waals surface area (Å²) in [7, 11) is -3.75. The van der Waals surface area contributed by atoms with Crippen LogP contribution in [0.15, 0.2) is 35.2 Å². The normalized spacial score (nSPS) is 30.0. The van der Waals surface area contributed by atoms with Crippen LogP contribution >= 0.6 is 0 Å². The van der Waals surface area contributed by atoms with Gasteiger partial charge in [0.25, 0.3) is 0 Å². The van der Waals surface area contributed by atoms with Crippen molar-refractivity contribution in [3.05, 3.63) is 30.3 Å². The monoisotopic (exact) mass is 309 g/mol. The molecule has 1 aliphatic carbocycles. The van der Waals surface area contributed by atoms with Crippen LogP contribution < -0.4 is 0 Å². The number of sulfonamides is 1. The van der Waals surface area contributed by atoms with Crippen molar-refractivity contribution in [2.24, 2.45) is 5.92 Å². The summed E-state index contributed by atoms with van der Waals surface area (Å²) in [4.78, 5) is 11.7. The van der Waals surface area contributed by atoms with Gasteiger partial charge in [-0.2, -0.15) is 4.31 Å². The van der Waals surface area contributed by atoms with E-state index in [1.165, 1.54) is 16.4 Å². The number of rotatable bonds is 3. The second kappa shape index (κ2) is 5.42. The van der Waals surface area contributed by atoms with E-state index >= 15 is 0 Å². The molecule has 3 rings (SSSR count). The Kier molecular flexibility index (Phi) is 3.75. The summed E-state index contributed by atoms with van der Waals surface area (Å²) in [6, 6.07) is 7.05. The van der Waals surface area contributed by atoms with Gasteiger partial charge in [0.15, 0.2) is 0 Å². The van der Waals surface area contributed by atoms with Crippen LogP contribution in [0.25, 0.3) is 0 Å². The molecule has 1 saturated heterocycles. The second-order valence-electron chi connectivity index (χ2n) is 5.85. The molecule has 1 aromatic rings. The Bertz CT molecular complexity index is 628. The number of carboxylic acids is 1. The fourth-order valence-corrected chi connectivity index (χ4v) is 5.58. The lowest BCUT2D eigenvalue weighted by Crippen LogP contribution is -2.46. The van der Waals surface area contributed by atoms with Gasteiger partial charge in [0.1, 0.15) is 6.04 Å². The lowest BCUT2D eigenvalue weighted by atomic mass is 9.85. The minimum absolute atomic E-state index is 0.162. The molecule has 6 heteroatoms. The summed E-state index contributed by atoms with van der Waals surface area (Å²) in [5.41, 5.74) is 0. The van der Waals surface area contributed by atoms with Gasteiger partial charge in [0.2, 0.25) is 10.0 Å². The third-order valence-corrected chi connectivity index (χ3v) is 6.58. The van der Waals surface area contributed by atoms with E-state index in [9.17, 15) is 18.3 Å². The predicted molar refractivity (Wildman–Crippen MR) is 77.3 cm³/mol. The summed E-state index contributed by atoms with van der Waals surface area (Å²) in [5.74, 6) is -0.859. The number of aliphatic carboxylic acids is 1. The molecule has 0 amide bonds. The Morgan fingerprint density at radius 1 is 1.14 bits per heavy atom. The molecule has 1 saturated carbocycles. The third-order valence-electron chi connectivity index (χ3n) is 4.63. The molecule has 2 aliphatic rings. The largest absolute Gasteiger partial charge is 0.480 e. The van der Waals surface area contributed by atoms with Crippen molar-refractivity contribution < 1.29 is 18.3 Å². The molecule has 0 spiro atoms. The second-order valence-corrected chi connectivity index (χ2v) is 7.69. The van der Waals surface area contributed by atoms with Gasteiger partial charge in [0, 0.05) is 6.04 Å². The third kappa shape index (κ3) is 2.46. The Balaban J connectivity index is 2.02. The maximum absolute atomic E-state index is 12.9. The highest BCUT2D eigenvalue weighted by Crippen LogP contribution is 2.42. The predicted octanol–water partition coefficient (Wildman–Crippen LogP) is 2.09. The zero-order valence-electron chi connectivity index (χ0n) is 11.7. The number of carbonyl (C=O) groups is 1. The number of benzene rings is 1. The van der Waals surface area contributed by atoms with Crippen molar-refractivity contribution in [1.82, 2.24) is 4.31 Å². The first-order valence-electron chi connectivity index (χ1n) is 7.33. The first-order chi connectivity index (χ1) is 10.0.